The normalized spacial score (nSPS) is 10.9. The van der Waals surface area contributed by atoms with Gasteiger partial charge in [-0.15, -0.1) is 0 Å². The van der Waals surface area contributed by atoms with E-state index < -0.39 is 11.7 Å². The minimum absolute atomic E-state index is 0.119. The number of benzene rings is 3. The maximum Gasteiger partial charge on any atom is 0.265 e. The molecule has 0 aliphatic heterocycles. The Morgan fingerprint density at radius 3 is 2.52 bits per heavy atom. The van der Waals surface area contributed by atoms with Crippen molar-refractivity contribution in [2.45, 2.75) is 6.92 Å². The maximum absolute atomic E-state index is 13.3. The summed E-state index contributed by atoms with van der Waals surface area (Å²) in [6, 6.07) is 17.7. The molecule has 0 fully saturated rings. The van der Waals surface area contributed by atoms with Crippen molar-refractivity contribution in [1.29, 1.82) is 0 Å². The predicted molar refractivity (Wildman–Crippen MR) is 111 cm³/mol. The van der Waals surface area contributed by atoms with Crippen LogP contribution in [0.5, 0.6) is 0 Å². The molecule has 0 saturated carbocycles. The summed E-state index contributed by atoms with van der Waals surface area (Å²) < 4.78 is 14.8. The Kier molecular flexibility index (Phi) is 4.86. The van der Waals surface area contributed by atoms with E-state index in [9.17, 15) is 14.0 Å². The molecule has 1 heterocycles. The number of aromatic nitrogens is 2. The molecule has 0 saturated heterocycles. The molecule has 4 rings (SSSR count). The van der Waals surface area contributed by atoms with Crippen LogP contribution in [-0.2, 0) is 0 Å². The zero-order valence-electron chi connectivity index (χ0n) is 15.3. The third kappa shape index (κ3) is 3.62. The number of fused-ring (bicyclic) bond motifs is 1. The number of halogens is 2. The van der Waals surface area contributed by atoms with E-state index in [1.165, 1.54) is 16.7 Å². The fraction of sp³-hybridized carbons (Fsp3) is 0.0455. The molecule has 0 aliphatic rings. The highest BCUT2D eigenvalue weighted by Gasteiger charge is 2.11. The van der Waals surface area contributed by atoms with Gasteiger partial charge >= 0.3 is 0 Å². The number of nitrogens with one attached hydrogen (secondary N) is 1. The molecule has 0 atom stereocenters. The van der Waals surface area contributed by atoms with Crippen LogP contribution in [-0.4, -0.2) is 15.5 Å². The number of aryl methyl sites for hydroxylation is 1. The Hall–Kier alpha value is -3.51. The number of para-hydroxylation sites is 1. The number of nitrogens with zero attached hydrogens (tertiary/aromatic N) is 2. The number of carbonyl (C=O) groups is 1. The monoisotopic (exact) mass is 407 g/mol. The number of rotatable bonds is 3. The van der Waals surface area contributed by atoms with Gasteiger partial charge in [0.2, 0.25) is 0 Å². The van der Waals surface area contributed by atoms with Gasteiger partial charge in [0.05, 0.1) is 21.6 Å². The highest BCUT2D eigenvalue weighted by atomic mass is 35.5. The summed E-state index contributed by atoms with van der Waals surface area (Å²) in [5, 5.41) is 3.13. The zero-order valence-corrected chi connectivity index (χ0v) is 16.1. The SMILES string of the molecule is Cc1nc2ccccc2c(=O)n1-c1ccc(NC(=O)c2ccc(F)c(Cl)c2)cc1. The second-order valence-electron chi connectivity index (χ2n) is 6.45. The summed E-state index contributed by atoms with van der Waals surface area (Å²) in [5.41, 5.74) is 1.89. The molecule has 1 aromatic heterocycles. The van der Waals surface area contributed by atoms with Crippen LogP contribution in [0.1, 0.15) is 16.2 Å². The average Bonchev–Trinajstić information content (AvgIpc) is 2.71. The Bertz CT molecular complexity index is 1300. The van der Waals surface area contributed by atoms with Crippen LogP contribution in [0.4, 0.5) is 10.1 Å². The third-order valence-corrected chi connectivity index (χ3v) is 4.80. The molecule has 0 bridgehead atoms. The van der Waals surface area contributed by atoms with Crippen molar-refractivity contribution in [3.63, 3.8) is 0 Å². The summed E-state index contributed by atoms with van der Waals surface area (Å²) in [6.07, 6.45) is 0. The van der Waals surface area contributed by atoms with Gasteiger partial charge in [0.1, 0.15) is 11.6 Å². The van der Waals surface area contributed by atoms with Gasteiger partial charge in [-0.2, -0.15) is 0 Å². The average molecular weight is 408 g/mol. The van der Waals surface area contributed by atoms with Gasteiger partial charge in [-0.25, -0.2) is 9.37 Å². The fourth-order valence-corrected chi connectivity index (χ4v) is 3.26. The van der Waals surface area contributed by atoms with E-state index in [0.29, 0.717) is 28.1 Å². The smallest absolute Gasteiger partial charge is 0.265 e. The lowest BCUT2D eigenvalue weighted by Gasteiger charge is -2.12. The quantitative estimate of drug-likeness (QED) is 0.533. The van der Waals surface area contributed by atoms with Crippen LogP contribution in [0, 0.1) is 12.7 Å². The van der Waals surface area contributed by atoms with Crippen LogP contribution < -0.4 is 10.9 Å². The minimum atomic E-state index is -0.586. The first-order chi connectivity index (χ1) is 13.9. The first-order valence-electron chi connectivity index (χ1n) is 8.79. The largest absolute Gasteiger partial charge is 0.322 e. The number of amides is 1. The molecule has 0 aliphatic carbocycles. The summed E-state index contributed by atoms with van der Waals surface area (Å²) in [6.45, 7) is 1.77. The molecule has 7 heteroatoms. The van der Waals surface area contributed by atoms with Crippen LogP contribution in [0.15, 0.2) is 71.5 Å². The van der Waals surface area contributed by atoms with Gasteiger partial charge in [0.15, 0.2) is 0 Å². The van der Waals surface area contributed by atoms with Crippen molar-refractivity contribution in [3.8, 4) is 5.69 Å². The van der Waals surface area contributed by atoms with Gasteiger partial charge < -0.3 is 5.32 Å². The standard InChI is InChI=1S/C22H15ClFN3O2/c1-13-25-20-5-3-2-4-17(20)22(29)27(13)16-9-7-15(8-10-16)26-21(28)14-6-11-19(24)18(23)12-14/h2-12H,1H3,(H,26,28). The van der Waals surface area contributed by atoms with Gasteiger partial charge in [-0.1, -0.05) is 23.7 Å². The van der Waals surface area contributed by atoms with Gasteiger partial charge in [-0.05, 0) is 61.5 Å². The lowest BCUT2D eigenvalue weighted by molar-refractivity contribution is 0.102. The maximum atomic E-state index is 13.3. The molecule has 1 N–H and O–H groups in total. The van der Waals surface area contributed by atoms with Crippen LogP contribution in [0.3, 0.4) is 0 Å². The van der Waals surface area contributed by atoms with E-state index in [1.54, 1.807) is 49.4 Å². The highest BCUT2D eigenvalue weighted by molar-refractivity contribution is 6.31. The molecule has 29 heavy (non-hydrogen) atoms. The molecule has 0 radical (unpaired) electrons. The second kappa shape index (κ2) is 7.48. The second-order valence-corrected chi connectivity index (χ2v) is 6.85. The zero-order chi connectivity index (χ0) is 20.5. The number of hydrogen-bond donors (Lipinski definition) is 1. The van der Waals surface area contributed by atoms with Crippen molar-refractivity contribution in [1.82, 2.24) is 9.55 Å². The molecule has 144 valence electrons. The van der Waals surface area contributed by atoms with E-state index in [1.807, 2.05) is 6.07 Å². The number of carbonyl (C=O) groups excluding carboxylic acids is 1. The van der Waals surface area contributed by atoms with E-state index >= 15 is 0 Å². The summed E-state index contributed by atoms with van der Waals surface area (Å²) in [7, 11) is 0. The predicted octanol–water partition coefficient (Wildman–Crippen LogP) is 4.74. The van der Waals surface area contributed by atoms with Gasteiger partial charge in [0, 0.05) is 11.3 Å². The summed E-state index contributed by atoms with van der Waals surface area (Å²) >= 11 is 5.73. The van der Waals surface area contributed by atoms with Crippen molar-refractivity contribution < 1.29 is 9.18 Å². The molecular weight excluding hydrogens is 393 g/mol. The van der Waals surface area contributed by atoms with E-state index in [4.69, 9.17) is 11.6 Å². The van der Waals surface area contributed by atoms with Crippen LogP contribution >= 0.6 is 11.6 Å². The molecule has 0 unspecified atom stereocenters. The van der Waals surface area contributed by atoms with E-state index in [2.05, 4.69) is 10.3 Å². The molecule has 5 nitrogen and oxygen atoms in total. The van der Waals surface area contributed by atoms with Gasteiger partial charge in [-0.3, -0.25) is 14.2 Å². The van der Waals surface area contributed by atoms with Crippen LogP contribution in [0.25, 0.3) is 16.6 Å². The molecular formula is C22H15ClFN3O2. The topological polar surface area (TPSA) is 64.0 Å². The fourth-order valence-electron chi connectivity index (χ4n) is 3.08. The Morgan fingerprint density at radius 1 is 1.07 bits per heavy atom. The van der Waals surface area contributed by atoms with Crippen LogP contribution in [0.2, 0.25) is 5.02 Å². The molecule has 4 aromatic rings. The lowest BCUT2D eigenvalue weighted by atomic mass is 10.2. The Morgan fingerprint density at radius 2 is 1.79 bits per heavy atom. The summed E-state index contributed by atoms with van der Waals surface area (Å²) in [4.78, 5) is 29.7. The Labute approximate surface area is 170 Å². The molecule has 1 amide bonds. The van der Waals surface area contributed by atoms with Gasteiger partial charge in [0.25, 0.3) is 11.5 Å². The number of anilines is 1. The van der Waals surface area contributed by atoms with E-state index in [0.717, 1.165) is 6.07 Å². The highest BCUT2D eigenvalue weighted by Crippen LogP contribution is 2.19. The Balaban J connectivity index is 1.63. The van der Waals surface area contributed by atoms with Crippen molar-refractivity contribution in [3.05, 3.63) is 99.3 Å². The van der Waals surface area contributed by atoms with Crippen molar-refractivity contribution in [2.75, 3.05) is 5.32 Å². The third-order valence-electron chi connectivity index (χ3n) is 4.51. The minimum Gasteiger partial charge on any atom is -0.322 e. The summed E-state index contributed by atoms with van der Waals surface area (Å²) in [5.74, 6) is -0.441. The first-order valence-corrected chi connectivity index (χ1v) is 9.17. The van der Waals surface area contributed by atoms with E-state index in [-0.39, 0.29) is 16.1 Å². The molecule has 3 aromatic carbocycles. The van der Waals surface area contributed by atoms with Crippen molar-refractivity contribution in [2.24, 2.45) is 0 Å². The lowest BCUT2D eigenvalue weighted by Crippen LogP contribution is -2.22. The number of hydrogen-bond acceptors (Lipinski definition) is 3. The molecule has 0 spiro atoms. The van der Waals surface area contributed by atoms with Crippen molar-refractivity contribution >= 4 is 34.1 Å². The first kappa shape index (κ1) is 18.8.